The average Bonchev–Trinajstić information content (AvgIpc) is 2.17. The highest BCUT2D eigenvalue weighted by atomic mass is 16.4. The van der Waals surface area contributed by atoms with Gasteiger partial charge in [-0.2, -0.15) is 0 Å². The van der Waals surface area contributed by atoms with Crippen LogP contribution < -0.4 is 5.73 Å². The number of hydrogen-bond donors (Lipinski definition) is 3. The lowest BCUT2D eigenvalue weighted by molar-refractivity contribution is -0.147. The minimum atomic E-state index is -1.67. The normalized spacial score (nSPS) is 17.1. The molecular formula is C10H13NO3. The molecule has 14 heavy (non-hydrogen) atoms. The molecule has 0 aliphatic carbocycles. The fourth-order valence-electron chi connectivity index (χ4n) is 1.10. The third kappa shape index (κ3) is 1.92. The highest BCUT2D eigenvalue weighted by molar-refractivity contribution is 5.79. The van der Waals surface area contributed by atoms with E-state index in [1.54, 1.807) is 30.3 Å². The van der Waals surface area contributed by atoms with Crippen LogP contribution in [-0.4, -0.2) is 21.7 Å². The first-order valence-corrected chi connectivity index (χ1v) is 4.21. The Morgan fingerprint density at radius 2 is 1.93 bits per heavy atom. The van der Waals surface area contributed by atoms with E-state index in [-0.39, 0.29) is 0 Å². The van der Waals surface area contributed by atoms with Crippen LogP contribution in [0.1, 0.15) is 18.6 Å². The summed E-state index contributed by atoms with van der Waals surface area (Å²) >= 11 is 0. The van der Waals surface area contributed by atoms with Gasteiger partial charge < -0.3 is 15.9 Å². The van der Waals surface area contributed by atoms with Gasteiger partial charge in [-0.05, 0) is 12.5 Å². The Labute approximate surface area is 82.0 Å². The number of carboxylic acid groups (broad SMARTS) is 1. The summed E-state index contributed by atoms with van der Waals surface area (Å²) in [6.45, 7) is 1.28. The number of hydrogen-bond acceptors (Lipinski definition) is 3. The van der Waals surface area contributed by atoms with Gasteiger partial charge in [-0.3, -0.25) is 4.79 Å². The molecule has 1 aromatic carbocycles. The number of benzene rings is 1. The first-order chi connectivity index (χ1) is 6.46. The Bertz CT molecular complexity index is 321. The van der Waals surface area contributed by atoms with Gasteiger partial charge in [-0.1, -0.05) is 30.3 Å². The van der Waals surface area contributed by atoms with E-state index in [9.17, 15) is 9.90 Å². The van der Waals surface area contributed by atoms with E-state index in [1.807, 2.05) is 0 Å². The summed E-state index contributed by atoms with van der Waals surface area (Å²) in [5.41, 5.74) is 4.32. The fourth-order valence-corrected chi connectivity index (χ4v) is 1.10. The van der Waals surface area contributed by atoms with Crippen molar-refractivity contribution in [1.82, 2.24) is 0 Å². The standard InChI is InChI=1S/C10H13NO3/c1-10(11,9(13)14)8(12)7-5-3-2-4-6-7/h2-6,8,12H,11H2,1H3,(H,13,14)/t8-,10+/m1/s1. The number of rotatable bonds is 3. The lowest BCUT2D eigenvalue weighted by atomic mass is 9.91. The van der Waals surface area contributed by atoms with Crippen molar-refractivity contribution in [3.05, 3.63) is 35.9 Å². The lowest BCUT2D eigenvalue weighted by Gasteiger charge is -2.25. The van der Waals surface area contributed by atoms with E-state index in [0.29, 0.717) is 5.56 Å². The monoisotopic (exact) mass is 195 g/mol. The van der Waals surface area contributed by atoms with Crippen molar-refractivity contribution in [1.29, 1.82) is 0 Å². The zero-order chi connectivity index (χ0) is 10.8. The first kappa shape index (κ1) is 10.7. The molecule has 0 heterocycles. The van der Waals surface area contributed by atoms with Gasteiger partial charge in [0, 0.05) is 0 Å². The third-order valence-electron chi connectivity index (χ3n) is 2.14. The topological polar surface area (TPSA) is 83.6 Å². The Morgan fingerprint density at radius 3 is 2.36 bits per heavy atom. The van der Waals surface area contributed by atoms with Crippen LogP contribution in [0.4, 0.5) is 0 Å². The molecule has 1 aromatic rings. The average molecular weight is 195 g/mol. The summed E-state index contributed by atoms with van der Waals surface area (Å²) in [6.07, 6.45) is -1.21. The van der Waals surface area contributed by atoms with Crippen molar-refractivity contribution >= 4 is 5.97 Å². The summed E-state index contributed by atoms with van der Waals surface area (Å²) in [7, 11) is 0. The minimum absolute atomic E-state index is 0.500. The molecule has 0 bridgehead atoms. The molecule has 0 radical (unpaired) electrons. The highest BCUT2D eigenvalue weighted by Crippen LogP contribution is 2.23. The van der Waals surface area contributed by atoms with Gasteiger partial charge in [0.2, 0.25) is 0 Å². The van der Waals surface area contributed by atoms with E-state index >= 15 is 0 Å². The molecule has 0 spiro atoms. The Hall–Kier alpha value is -1.39. The predicted octanol–water partition coefficient (Wildman–Crippen LogP) is 0.522. The molecule has 0 saturated carbocycles. The molecule has 0 fully saturated rings. The van der Waals surface area contributed by atoms with Crippen molar-refractivity contribution in [3.63, 3.8) is 0 Å². The van der Waals surface area contributed by atoms with Crippen molar-refractivity contribution in [3.8, 4) is 0 Å². The molecule has 1 rings (SSSR count). The minimum Gasteiger partial charge on any atom is -0.480 e. The maximum atomic E-state index is 10.8. The molecule has 0 aliphatic heterocycles. The van der Waals surface area contributed by atoms with Gasteiger partial charge in [0.05, 0.1) is 0 Å². The summed E-state index contributed by atoms with van der Waals surface area (Å²) in [5.74, 6) is -1.23. The smallest absolute Gasteiger partial charge is 0.326 e. The number of aliphatic hydroxyl groups excluding tert-OH is 1. The second kappa shape index (κ2) is 3.77. The number of carbonyl (C=O) groups is 1. The van der Waals surface area contributed by atoms with Crippen LogP contribution in [0.3, 0.4) is 0 Å². The van der Waals surface area contributed by atoms with Gasteiger partial charge >= 0.3 is 5.97 Å². The molecule has 76 valence electrons. The number of aliphatic carboxylic acids is 1. The zero-order valence-electron chi connectivity index (χ0n) is 7.84. The third-order valence-corrected chi connectivity index (χ3v) is 2.14. The lowest BCUT2D eigenvalue weighted by Crippen LogP contribution is -2.50. The molecule has 0 aromatic heterocycles. The maximum absolute atomic E-state index is 10.8. The second-order valence-electron chi connectivity index (χ2n) is 3.40. The van der Waals surface area contributed by atoms with E-state index in [0.717, 1.165) is 0 Å². The molecule has 4 nitrogen and oxygen atoms in total. The van der Waals surface area contributed by atoms with Crippen molar-refractivity contribution < 1.29 is 15.0 Å². The fraction of sp³-hybridized carbons (Fsp3) is 0.300. The quantitative estimate of drug-likeness (QED) is 0.656. The molecular weight excluding hydrogens is 182 g/mol. The van der Waals surface area contributed by atoms with E-state index in [1.165, 1.54) is 6.92 Å². The predicted molar refractivity (Wildman–Crippen MR) is 51.6 cm³/mol. The molecule has 0 unspecified atom stereocenters. The molecule has 0 aliphatic rings. The van der Waals surface area contributed by atoms with Crippen LogP contribution in [0.2, 0.25) is 0 Å². The van der Waals surface area contributed by atoms with Crippen LogP contribution in [0.5, 0.6) is 0 Å². The van der Waals surface area contributed by atoms with Gasteiger partial charge in [0.1, 0.15) is 11.6 Å². The number of nitrogens with two attached hydrogens (primary N) is 1. The van der Waals surface area contributed by atoms with Crippen LogP contribution in [-0.2, 0) is 4.79 Å². The summed E-state index contributed by atoms with van der Waals surface area (Å²) < 4.78 is 0. The van der Waals surface area contributed by atoms with Crippen molar-refractivity contribution in [2.24, 2.45) is 5.73 Å². The highest BCUT2D eigenvalue weighted by Gasteiger charge is 2.37. The van der Waals surface area contributed by atoms with Crippen molar-refractivity contribution in [2.75, 3.05) is 0 Å². The van der Waals surface area contributed by atoms with Gasteiger partial charge in [0.25, 0.3) is 0 Å². The van der Waals surface area contributed by atoms with E-state index < -0.39 is 17.6 Å². The number of aliphatic hydroxyl groups is 1. The van der Waals surface area contributed by atoms with Crippen LogP contribution in [0.15, 0.2) is 30.3 Å². The Morgan fingerprint density at radius 1 is 1.43 bits per heavy atom. The van der Waals surface area contributed by atoms with Gasteiger partial charge in [-0.25, -0.2) is 0 Å². The summed E-state index contributed by atoms with van der Waals surface area (Å²) in [5, 5.41) is 18.5. The maximum Gasteiger partial charge on any atom is 0.326 e. The van der Waals surface area contributed by atoms with Gasteiger partial charge in [-0.15, -0.1) is 0 Å². The summed E-state index contributed by atoms with van der Waals surface area (Å²) in [4.78, 5) is 10.8. The van der Waals surface area contributed by atoms with Crippen molar-refractivity contribution in [2.45, 2.75) is 18.6 Å². The van der Waals surface area contributed by atoms with Crippen LogP contribution in [0, 0.1) is 0 Å². The number of carboxylic acids is 1. The second-order valence-corrected chi connectivity index (χ2v) is 3.40. The Kier molecular flexibility index (Phi) is 2.88. The Balaban J connectivity index is 2.96. The van der Waals surface area contributed by atoms with Gasteiger partial charge in [0.15, 0.2) is 0 Å². The van der Waals surface area contributed by atoms with Crippen LogP contribution >= 0.6 is 0 Å². The zero-order valence-corrected chi connectivity index (χ0v) is 7.84. The SMILES string of the molecule is C[C@@](N)(C(=O)O)[C@H](O)c1ccccc1. The molecule has 0 saturated heterocycles. The largest absolute Gasteiger partial charge is 0.480 e. The van der Waals surface area contributed by atoms with Crippen LogP contribution in [0.25, 0.3) is 0 Å². The molecule has 0 amide bonds. The van der Waals surface area contributed by atoms with E-state index in [4.69, 9.17) is 10.8 Å². The molecule has 2 atom stereocenters. The van der Waals surface area contributed by atoms with E-state index in [2.05, 4.69) is 0 Å². The first-order valence-electron chi connectivity index (χ1n) is 4.21. The molecule has 4 N–H and O–H groups in total. The molecule has 4 heteroatoms. The summed E-state index contributed by atoms with van der Waals surface area (Å²) in [6, 6.07) is 8.50.